The average molecular weight is 238 g/mol. The number of hydrogen-bond donors (Lipinski definition) is 3. The molecule has 5 N–H and O–H groups in total. The van der Waals surface area contributed by atoms with E-state index in [0.29, 0.717) is 18.7 Å². The van der Waals surface area contributed by atoms with E-state index in [1.165, 1.54) is 0 Å². The average Bonchev–Trinajstić information content (AvgIpc) is 2.37. The summed E-state index contributed by atoms with van der Waals surface area (Å²) in [6.07, 6.45) is 0.760. The topological polar surface area (TPSA) is 81.5 Å². The van der Waals surface area contributed by atoms with Gasteiger partial charge in [-0.2, -0.15) is 0 Å². The molecule has 0 aliphatic carbocycles. The Bertz CT molecular complexity index is 355. The van der Waals surface area contributed by atoms with Crippen molar-refractivity contribution in [3.8, 4) is 5.75 Å². The van der Waals surface area contributed by atoms with Gasteiger partial charge in [-0.1, -0.05) is 13.0 Å². The first-order valence-electron chi connectivity index (χ1n) is 5.94. The smallest absolute Gasteiger partial charge is 0.124 e. The predicted molar refractivity (Wildman–Crippen MR) is 69.0 cm³/mol. The SMILES string of the molecule is CCc1ccc(OC)c(C(O)C(N)CCN)c1. The van der Waals surface area contributed by atoms with E-state index in [2.05, 4.69) is 6.92 Å². The Balaban J connectivity index is 3.00. The summed E-state index contributed by atoms with van der Waals surface area (Å²) in [5, 5.41) is 10.2. The van der Waals surface area contributed by atoms with Crippen molar-refractivity contribution in [1.29, 1.82) is 0 Å². The molecule has 0 bridgehead atoms. The van der Waals surface area contributed by atoms with Crippen LogP contribution in [-0.4, -0.2) is 24.8 Å². The number of aliphatic hydroxyl groups excluding tert-OH is 1. The summed E-state index contributed by atoms with van der Waals surface area (Å²) in [6, 6.07) is 5.44. The summed E-state index contributed by atoms with van der Waals surface area (Å²) < 4.78 is 5.25. The van der Waals surface area contributed by atoms with Gasteiger partial charge in [0.15, 0.2) is 0 Å². The lowest BCUT2D eigenvalue weighted by atomic mass is 9.97. The van der Waals surface area contributed by atoms with Crippen LogP contribution in [0.3, 0.4) is 0 Å². The standard InChI is InChI=1S/C13H22N2O2/c1-3-9-4-5-12(17-2)10(8-9)13(16)11(15)6-7-14/h4-5,8,11,13,16H,3,6-7,14-15H2,1-2H3. The van der Waals surface area contributed by atoms with Crippen LogP contribution in [0.4, 0.5) is 0 Å². The van der Waals surface area contributed by atoms with Crippen molar-refractivity contribution in [2.75, 3.05) is 13.7 Å². The monoisotopic (exact) mass is 238 g/mol. The number of aryl methyl sites for hydroxylation is 1. The van der Waals surface area contributed by atoms with E-state index in [1.54, 1.807) is 7.11 Å². The van der Waals surface area contributed by atoms with Crippen LogP contribution >= 0.6 is 0 Å². The molecule has 0 aliphatic heterocycles. The molecule has 2 unspecified atom stereocenters. The van der Waals surface area contributed by atoms with Crippen LogP contribution in [0.5, 0.6) is 5.75 Å². The summed E-state index contributed by atoms with van der Waals surface area (Å²) in [4.78, 5) is 0. The maximum atomic E-state index is 10.2. The zero-order chi connectivity index (χ0) is 12.8. The Morgan fingerprint density at radius 3 is 2.65 bits per heavy atom. The molecule has 0 aromatic heterocycles. The zero-order valence-electron chi connectivity index (χ0n) is 10.5. The number of aliphatic hydroxyl groups is 1. The van der Waals surface area contributed by atoms with Gasteiger partial charge in [0, 0.05) is 11.6 Å². The van der Waals surface area contributed by atoms with Crippen LogP contribution in [0, 0.1) is 0 Å². The van der Waals surface area contributed by atoms with Gasteiger partial charge in [-0.05, 0) is 37.1 Å². The quantitative estimate of drug-likeness (QED) is 0.689. The minimum Gasteiger partial charge on any atom is -0.496 e. The normalized spacial score (nSPS) is 14.4. The summed E-state index contributed by atoms with van der Waals surface area (Å²) in [5.41, 5.74) is 13.2. The van der Waals surface area contributed by atoms with Gasteiger partial charge >= 0.3 is 0 Å². The molecular formula is C13H22N2O2. The van der Waals surface area contributed by atoms with E-state index < -0.39 is 6.10 Å². The Morgan fingerprint density at radius 2 is 2.12 bits per heavy atom. The fraction of sp³-hybridized carbons (Fsp3) is 0.538. The van der Waals surface area contributed by atoms with Crippen molar-refractivity contribution in [1.82, 2.24) is 0 Å². The van der Waals surface area contributed by atoms with E-state index in [9.17, 15) is 5.11 Å². The molecule has 1 aromatic carbocycles. The van der Waals surface area contributed by atoms with Crippen LogP contribution in [0.15, 0.2) is 18.2 Å². The minimum absolute atomic E-state index is 0.360. The Kier molecular flexibility index (Phi) is 5.41. The molecule has 1 aromatic rings. The second-order valence-corrected chi connectivity index (χ2v) is 4.12. The molecule has 0 spiro atoms. The van der Waals surface area contributed by atoms with Gasteiger partial charge in [-0.15, -0.1) is 0 Å². The fourth-order valence-electron chi connectivity index (χ4n) is 1.82. The van der Waals surface area contributed by atoms with Crippen molar-refractivity contribution in [3.05, 3.63) is 29.3 Å². The maximum absolute atomic E-state index is 10.2. The van der Waals surface area contributed by atoms with Gasteiger partial charge in [0.05, 0.1) is 13.2 Å². The molecule has 4 nitrogen and oxygen atoms in total. The fourth-order valence-corrected chi connectivity index (χ4v) is 1.82. The van der Waals surface area contributed by atoms with Crippen molar-refractivity contribution in [2.45, 2.75) is 31.9 Å². The molecule has 0 heterocycles. The number of rotatable bonds is 6. The third-order valence-corrected chi connectivity index (χ3v) is 2.93. The van der Waals surface area contributed by atoms with Gasteiger partial charge in [0.1, 0.15) is 5.75 Å². The molecule has 0 fully saturated rings. The maximum Gasteiger partial charge on any atom is 0.124 e. The van der Waals surface area contributed by atoms with Crippen LogP contribution in [0.1, 0.15) is 30.6 Å². The van der Waals surface area contributed by atoms with E-state index in [0.717, 1.165) is 17.5 Å². The third kappa shape index (κ3) is 3.43. The van der Waals surface area contributed by atoms with Gasteiger partial charge in [-0.3, -0.25) is 0 Å². The van der Waals surface area contributed by atoms with E-state index >= 15 is 0 Å². The number of benzene rings is 1. The highest BCUT2D eigenvalue weighted by Crippen LogP contribution is 2.28. The van der Waals surface area contributed by atoms with Gasteiger partial charge in [-0.25, -0.2) is 0 Å². The first-order valence-corrected chi connectivity index (χ1v) is 5.94. The lowest BCUT2D eigenvalue weighted by Crippen LogP contribution is -2.31. The third-order valence-electron chi connectivity index (χ3n) is 2.93. The van der Waals surface area contributed by atoms with E-state index in [1.807, 2.05) is 18.2 Å². The zero-order valence-corrected chi connectivity index (χ0v) is 10.5. The van der Waals surface area contributed by atoms with E-state index in [4.69, 9.17) is 16.2 Å². The second-order valence-electron chi connectivity index (χ2n) is 4.12. The number of methoxy groups -OCH3 is 1. The minimum atomic E-state index is -0.736. The summed E-state index contributed by atoms with van der Waals surface area (Å²) >= 11 is 0. The number of hydrogen-bond acceptors (Lipinski definition) is 4. The Labute approximate surface area is 103 Å². The predicted octanol–water partition coefficient (Wildman–Crippen LogP) is 0.967. The molecule has 0 radical (unpaired) electrons. The molecule has 4 heteroatoms. The second kappa shape index (κ2) is 6.59. The van der Waals surface area contributed by atoms with Crippen molar-refractivity contribution in [2.24, 2.45) is 11.5 Å². The van der Waals surface area contributed by atoms with Gasteiger partial charge in [0.2, 0.25) is 0 Å². The Morgan fingerprint density at radius 1 is 1.41 bits per heavy atom. The highest BCUT2D eigenvalue weighted by Gasteiger charge is 2.20. The number of ether oxygens (including phenoxy) is 1. The lowest BCUT2D eigenvalue weighted by molar-refractivity contribution is 0.139. The van der Waals surface area contributed by atoms with Crippen LogP contribution in [0.25, 0.3) is 0 Å². The molecule has 1 rings (SSSR count). The van der Waals surface area contributed by atoms with Crippen LogP contribution < -0.4 is 16.2 Å². The summed E-state index contributed by atoms with van der Waals surface area (Å²) in [6.45, 7) is 2.53. The molecule has 0 saturated carbocycles. The largest absolute Gasteiger partial charge is 0.496 e. The first kappa shape index (κ1) is 14.0. The molecule has 0 amide bonds. The van der Waals surface area contributed by atoms with Crippen LogP contribution in [0.2, 0.25) is 0 Å². The van der Waals surface area contributed by atoms with Crippen molar-refractivity contribution in [3.63, 3.8) is 0 Å². The van der Waals surface area contributed by atoms with Crippen molar-refractivity contribution >= 4 is 0 Å². The Hall–Kier alpha value is -1.10. The molecular weight excluding hydrogens is 216 g/mol. The van der Waals surface area contributed by atoms with Crippen LogP contribution in [-0.2, 0) is 6.42 Å². The van der Waals surface area contributed by atoms with Gasteiger partial charge in [0.25, 0.3) is 0 Å². The first-order chi connectivity index (χ1) is 8.13. The molecule has 0 aliphatic rings. The van der Waals surface area contributed by atoms with E-state index in [-0.39, 0.29) is 6.04 Å². The highest BCUT2D eigenvalue weighted by molar-refractivity contribution is 5.39. The lowest BCUT2D eigenvalue weighted by Gasteiger charge is -2.21. The molecule has 96 valence electrons. The van der Waals surface area contributed by atoms with Gasteiger partial charge < -0.3 is 21.3 Å². The number of nitrogens with two attached hydrogens (primary N) is 2. The molecule has 0 saturated heterocycles. The van der Waals surface area contributed by atoms with Crippen molar-refractivity contribution < 1.29 is 9.84 Å². The summed E-state index contributed by atoms with van der Waals surface area (Å²) in [5.74, 6) is 0.669. The molecule has 2 atom stereocenters. The summed E-state index contributed by atoms with van der Waals surface area (Å²) in [7, 11) is 1.59. The highest BCUT2D eigenvalue weighted by atomic mass is 16.5. The molecule has 17 heavy (non-hydrogen) atoms.